The molecule has 0 aromatic rings. The topological polar surface area (TPSA) is 119 Å². The van der Waals surface area contributed by atoms with Gasteiger partial charge in [0.15, 0.2) is 6.10 Å². The molecule has 0 aromatic carbocycles. The molecule has 318 valence electrons. The molecule has 0 bridgehead atoms. The Morgan fingerprint density at radius 2 is 0.804 bits per heavy atom. The summed E-state index contributed by atoms with van der Waals surface area (Å²) in [6, 6.07) is 0. The number of carbonyl (C=O) groups excluding carboxylic acids is 2. The molecule has 0 heterocycles. The van der Waals surface area contributed by atoms with Crippen molar-refractivity contribution in [3.63, 3.8) is 0 Å². The highest BCUT2D eigenvalue weighted by Crippen LogP contribution is 2.36. The third-order valence-corrected chi connectivity index (χ3v) is 9.06. The van der Waals surface area contributed by atoms with Crippen molar-refractivity contribution in [3.05, 3.63) is 97.2 Å². The predicted octanol–water partition coefficient (Wildman–Crippen LogP) is 13.4. The van der Waals surface area contributed by atoms with E-state index in [0.717, 1.165) is 44.9 Å². The molecule has 0 radical (unpaired) electrons. The molecule has 0 saturated heterocycles. The van der Waals surface area contributed by atoms with Crippen LogP contribution < -0.4 is 0 Å². The van der Waals surface area contributed by atoms with Crippen molar-refractivity contribution in [1.82, 2.24) is 0 Å². The Balaban J connectivity index is 4.12. The summed E-state index contributed by atoms with van der Waals surface area (Å²) in [7, 11) is -4.79. The van der Waals surface area contributed by atoms with Crippen LogP contribution in [0, 0.1) is 0 Å². The lowest BCUT2D eigenvalue weighted by atomic mass is 10.1. The highest BCUT2D eigenvalue weighted by atomic mass is 31.2. The van der Waals surface area contributed by atoms with Crippen LogP contribution in [0.15, 0.2) is 97.2 Å². The molecule has 2 N–H and O–H groups in total. The number of hydrogen-bond donors (Lipinski definition) is 2. The van der Waals surface area contributed by atoms with E-state index in [4.69, 9.17) is 19.3 Å². The number of carbonyl (C=O) groups is 2. The third-order valence-electron chi connectivity index (χ3n) is 8.58. The summed E-state index contributed by atoms with van der Waals surface area (Å²) in [6.45, 7) is 3.55. The van der Waals surface area contributed by atoms with Crippen LogP contribution in [-0.4, -0.2) is 41.0 Å². The zero-order valence-electron chi connectivity index (χ0n) is 35.0. The maximum atomic E-state index is 12.4. The normalized spacial score (nSPS) is 13.4. The Bertz CT molecular complexity index is 1220. The first-order valence-corrected chi connectivity index (χ1v) is 23.1. The summed E-state index contributed by atoms with van der Waals surface area (Å²) in [4.78, 5) is 42.8. The summed E-state index contributed by atoms with van der Waals surface area (Å²) < 4.78 is 26.3. The second-order valence-electron chi connectivity index (χ2n) is 14.0. The van der Waals surface area contributed by atoms with Crippen molar-refractivity contribution in [2.24, 2.45) is 0 Å². The van der Waals surface area contributed by atoms with Gasteiger partial charge in [-0.25, -0.2) is 4.57 Å². The van der Waals surface area contributed by atoms with Gasteiger partial charge in [0.25, 0.3) is 0 Å². The average molecular weight is 801 g/mol. The first kappa shape index (κ1) is 53.0. The molecule has 0 aliphatic rings. The fraction of sp³-hybridized carbons (Fsp3) is 0.617. The van der Waals surface area contributed by atoms with Crippen molar-refractivity contribution < 1.29 is 37.9 Å². The number of ether oxygens (including phenoxy) is 2. The maximum Gasteiger partial charge on any atom is 0.469 e. The van der Waals surface area contributed by atoms with E-state index in [2.05, 4.69) is 97.4 Å². The minimum atomic E-state index is -4.79. The molecule has 56 heavy (non-hydrogen) atoms. The lowest BCUT2D eigenvalue weighted by Gasteiger charge is -2.18. The average Bonchev–Trinajstić information content (AvgIpc) is 3.17. The number of unbranched alkanes of at least 4 members (excludes halogenated alkanes) is 12. The highest BCUT2D eigenvalue weighted by Gasteiger charge is 2.22. The molecule has 0 rings (SSSR count). The molecule has 0 unspecified atom stereocenters. The predicted molar refractivity (Wildman–Crippen MR) is 234 cm³/mol. The van der Waals surface area contributed by atoms with Crippen LogP contribution in [0.1, 0.15) is 168 Å². The first-order chi connectivity index (χ1) is 27.3. The zero-order chi connectivity index (χ0) is 41.1. The van der Waals surface area contributed by atoms with Crippen molar-refractivity contribution in [1.29, 1.82) is 0 Å². The second kappa shape index (κ2) is 41.6. The smallest absolute Gasteiger partial charge is 0.462 e. The van der Waals surface area contributed by atoms with Gasteiger partial charge in [0.2, 0.25) is 0 Å². The molecule has 0 aliphatic carbocycles. The third kappa shape index (κ3) is 43.7. The second-order valence-corrected chi connectivity index (χ2v) is 15.2. The summed E-state index contributed by atoms with van der Waals surface area (Å²) in [6.07, 6.45) is 57.1. The Morgan fingerprint density at radius 1 is 0.464 bits per heavy atom. The van der Waals surface area contributed by atoms with Gasteiger partial charge in [-0.15, -0.1) is 0 Å². The van der Waals surface area contributed by atoms with E-state index in [0.29, 0.717) is 25.7 Å². The van der Waals surface area contributed by atoms with E-state index >= 15 is 0 Å². The summed E-state index contributed by atoms with van der Waals surface area (Å²) in [5.41, 5.74) is 0. The van der Waals surface area contributed by atoms with Gasteiger partial charge in [-0.3, -0.25) is 14.1 Å². The van der Waals surface area contributed by atoms with Crippen molar-refractivity contribution in [2.45, 2.75) is 174 Å². The molecular formula is C47H77O8P. The van der Waals surface area contributed by atoms with Crippen LogP contribution in [0.2, 0.25) is 0 Å². The summed E-state index contributed by atoms with van der Waals surface area (Å²) >= 11 is 0. The Morgan fingerprint density at radius 3 is 1.23 bits per heavy atom. The summed E-state index contributed by atoms with van der Waals surface area (Å²) in [5, 5.41) is 0. The van der Waals surface area contributed by atoms with E-state index in [-0.39, 0.29) is 19.4 Å². The molecule has 9 heteroatoms. The molecule has 0 spiro atoms. The largest absolute Gasteiger partial charge is 0.469 e. The van der Waals surface area contributed by atoms with E-state index in [9.17, 15) is 14.2 Å². The van der Waals surface area contributed by atoms with Gasteiger partial charge in [-0.2, -0.15) is 0 Å². The molecule has 8 nitrogen and oxygen atoms in total. The van der Waals surface area contributed by atoms with Gasteiger partial charge in [0.1, 0.15) is 6.61 Å². The van der Waals surface area contributed by atoms with Gasteiger partial charge >= 0.3 is 19.8 Å². The van der Waals surface area contributed by atoms with Gasteiger partial charge < -0.3 is 19.3 Å². The fourth-order valence-corrected chi connectivity index (χ4v) is 5.72. The minimum absolute atomic E-state index is 0.119. The number of allylic oxidation sites excluding steroid dienone is 16. The molecule has 0 aliphatic heterocycles. The molecule has 1 atom stereocenters. The molecule has 0 amide bonds. The lowest BCUT2D eigenvalue weighted by Crippen LogP contribution is -2.29. The van der Waals surface area contributed by atoms with E-state index in [1.807, 2.05) is 18.2 Å². The molecule has 0 fully saturated rings. The monoisotopic (exact) mass is 801 g/mol. The van der Waals surface area contributed by atoms with E-state index in [1.165, 1.54) is 70.6 Å². The first-order valence-electron chi connectivity index (χ1n) is 21.5. The quantitative estimate of drug-likeness (QED) is 0.0274. The maximum absolute atomic E-state index is 12.4. The Hall–Kier alpha value is -3.03. The number of esters is 2. The lowest BCUT2D eigenvalue weighted by molar-refractivity contribution is -0.161. The van der Waals surface area contributed by atoms with Crippen molar-refractivity contribution in [2.75, 3.05) is 13.2 Å². The van der Waals surface area contributed by atoms with Gasteiger partial charge in [-0.1, -0.05) is 162 Å². The van der Waals surface area contributed by atoms with Crippen LogP contribution in [0.25, 0.3) is 0 Å². The van der Waals surface area contributed by atoms with Crippen LogP contribution in [-0.2, 0) is 28.2 Å². The Labute approximate surface area is 341 Å². The van der Waals surface area contributed by atoms with E-state index < -0.39 is 32.5 Å². The van der Waals surface area contributed by atoms with Gasteiger partial charge in [0, 0.05) is 12.8 Å². The number of hydrogen-bond acceptors (Lipinski definition) is 6. The highest BCUT2D eigenvalue weighted by molar-refractivity contribution is 7.46. The van der Waals surface area contributed by atoms with E-state index in [1.54, 1.807) is 0 Å². The SMILES string of the molecule is CCCCC/C=C/C/C=C/C/C=C/C/C=C/CCCC(=O)O[C@H](COC(=O)CCC/C=C/C/C=C/C/C=C/C/C=C/CCCCCCCCC)COP(=O)(O)O. The van der Waals surface area contributed by atoms with Gasteiger partial charge in [-0.05, 0) is 89.9 Å². The Kier molecular flexibility index (Phi) is 39.3. The minimum Gasteiger partial charge on any atom is -0.462 e. The van der Waals surface area contributed by atoms with Crippen LogP contribution >= 0.6 is 7.82 Å². The summed E-state index contributed by atoms with van der Waals surface area (Å²) in [5.74, 6) is -1.02. The fourth-order valence-electron chi connectivity index (χ4n) is 5.36. The van der Waals surface area contributed by atoms with Crippen LogP contribution in [0.3, 0.4) is 0 Å². The van der Waals surface area contributed by atoms with Gasteiger partial charge in [0.05, 0.1) is 6.61 Å². The number of phosphoric acid groups is 1. The molecular weight excluding hydrogens is 723 g/mol. The van der Waals surface area contributed by atoms with Crippen LogP contribution in [0.4, 0.5) is 0 Å². The number of phosphoric ester groups is 1. The van der Waals surface area contributed by atoms with Crippen molar-refractivity contribution in [3.8, 4) is 0 Å². The number of rotatable bonds is 38. The van der Waals surface area contributed by atoms with Crippen LogP contribution in [0.5, 0.6) is 0 Å². The molecule has 0 aromatic heterocycles. The van der Waals surface area contributed by atoms with Crippen molar-refractivity contribution >= 4 is 19.8 Å². The standard InChI is InChI=1S/C47H77O8P/c1-3-5-7-9-11-13-15-17-19-21-22-23-24-26-27-29-31-33-35-37-39-41-46(48)53-43-45(44-54-56(50,51)52)55-47(49)42-40-38-36-34-32-30-28-25-20-18-16-14-12-10-8-6-4-2/h12,14,18-21,23-24,27-30,33-36,45H,3-11,13,15-17,22,25-26,31-32,37-44H2,1-2H3,(H2,50,51,52)/b14-12+,20-18+,21-19+,24-23+,29-27+,30-28+,35-33+,36-34+/t45-/m1/s1. The molecule has 0 saturated carbocycles. The zero-order valence-corrected chi connectivity index (χ0v) is 35.9.